The second-order valence-corrected chi connectivity index (χ2v) is 6.43. The van der Waals surface area contributed by atoms with Crippen molar-refractivity contribution in [2.24, 2.45) is 5.92 Å². The molecule has 0 aliphatic heterocycles. The van der Waals surface area contributed by atoms with Crippen LogP contribution in [-0.2, 0) is 11.2 Å². The summed E-state index contributed by atoms with van der Waals surface area (Å²) < 4.78 is 0. The van der Waals surface area contributed by atoms with Gasteiger partial charge in [0.05, 0.1) is 12.5 Å². The molecule has 0 fully saturated rings. The summed E-state index contributed by atoms with van der Waals surface area (Å²) in [6.45, 7) is 4.45. The van der Waals surface area contributed by atoms with Crippen molar-refractivity contribution >= 4 is 5.91 Å². The van der Waals surface area contributed by atoms with E-state index in [4.69, 9.17) is 0 Å². The van der Waals surface area contributed by atoms with Crippen LogP contribution in [0, 0.1) is 5.92 Å². The zero-order valence-electron chi connectivity index (χ0n) is 14.3. The van der Waals surface area contributed by atoms with E-state index >= 15 is 0 Å². The number of hydrogen-bond donors (Lipinski definition) is 0. The Morgan fingerprint density at radius 3 is 2.30 bits per heavy atom. The van der Waals surface area contributed by atoms with Gasteiger partial charge < -0.3 is 4.90 Å². The summed E-state index contributed by atoms with van der Waals surface area (Å²) in [5, 5.41) is 0. The van der Waals surface area contributed by atoms with E-state index in [9.17, 15) is 4.79 Å². The first-order chi connectivity index (χ1) is 11.1. The summed E-state index contributed by atoms with van der Waals surface area (Å²) in [7, 11) is 1.92. The zero-order chi connectivity index (χ0) is 16.7. The second-order valence-electron chi connectivity index (χ2n) is 6.43. The molecular weight excluding hydrogens is 284 g/mol. The molecule has 1 atom stereocenters. The molecule has 0 spiro atoms. The predicted octanol–water partition coefficient (Wildman–Crippen LogP) is 4.26. The highest BCUT2D eigenvalue weighted by atomic mass is 16.2. The van der Waals surface area contributed by atoms with Crippen molar-refractivity contribution in [1.29, 1.82) is 0 Å². The first-order valence-corrected chi connectivity index (χ1v) is 8.27. The Morgan fingerprint density at radius 2 is 1.70 bits per heavy atom. The largest absolute Gasteiger partial charge is 0.338 e. The van der Waals surface area contributed by atoms with Crippen LogP contribution in [-0.4, -0.2) is 22.8 Å². The minimum atomic E-state index is 0.132. The molecule has 1 aromatic carbocycles. The van der Waals surface area contributed by atoms with Crippen molar-refractivity contribution in [3.63, 3.8) is 0 Å². The molecule has 1 heterocycles. The fourth-order valence-corrected chi connectivity index (χ4v) is 2.72. The molecule has 122 valence electrons. The van der Waals surface area contributed by atoms with E-state index in [-0.39, 0.29) is 11.9 Å². The van der Waals surface area contributed by atoms with Gasteiger partial charge in [-0.3, -0.25) is 9.78 Å². The SMILES string of the molecule is CC(C)CC[C@@H](c1ccccc1)N(C)C(=O)Cc1ccncc1. The summed E-state index contributed by atoms with van der Waals surface area (Å²) in [5.41, 5.74) is 2.21. The maximum Gasteiger partial charge on any atom is 0.227 e. The van der Waals surface area contributed by atoms with Crippen LogP contribution in [0.25, 0.3) is 0 Å². The highest BCUT2D eigenvalue weighted by Crippen LogP contribution is 2.27. The van der Waals surface area contributed by atoms with E-state index in [2.05, 4.69) is 31.0 Å². The fraction of sp³-hybridized carbons (Fsp3) is 0.400. The highest BCUT2D eigenvalue weighted by Gasteiger charge is 2.21. The van der Waals surface area contributed by atoms with Gasteiger partial charge in [0, 0.05) is 19.4 Å². The van der Waals surface area contributed by atoms with Crippen molar-refractivity contribution in [2.75, 3.05) is 7.05 Å². The number of amides is 1. The van der Waals surface area contributed by atoms with E-state index in [1.54, 1.807) is 12.4 Å². The molecule has 23 heavy (non-hydrogen) atoms. The monoisotopic (exact) mass is 310 g/mol. The van der Waals surface area contributed by atoms with E-state index in [1.807, 2.05) is 42.3 Å². The van der Waals surface area contributed by atoms with Crippen molar-refractivity contribution in [1.82, 2.24) is 9.88 Å². The van der Waals surface area contributed by atoms with Gasteiger partial charge in [-0.05, 0) is 42.0 Å². The van der Waals surface area contributed by atoms with Crippen LogP contribution in [0.3, 0.4) is 0 Å². The third-order valence-corrected chi connectivity index (χ3v) is 4.17. The first-order valence-electron chi connectivity index (χ1n) is 8.27. The van der Waals surface area contributed by atoms with Crippen LogP contribution in [0.4, 0.5) is 0 Å². The smallest absolute Gasteiger partial charge is 0.227 e. The minimum Gasteiger partial charge on any atom is -0.338 e. The lowest BCUT2D eigenvalue weighted by molar-refractivity contribution is -0.131. The van der Waals surface area contributed by atoms with Crippen LogP contribution in [0.2, 0.25) is 0 Å². The predicted molar refractivity (Wildman–Crippen MR) is 94.0 cm³/mol. The van der Waals surface area contributed by atoms with Gasteiger partial charge >= 0.3 is 0 Å². The Kier molecular flexibility index (Phi) is 6.33. The lowest BCUT2D eigenvalue weighted by Gasteiger charge is -2.29. The molecule has 3 heteroatoms. The quantitative estimate of drug-likeness (QED) is 0.765. The number of likely N-dealkylation sites (N-methyl/N-ethyl adjacent to an activating group) is 1. The van der Waals surface area contributed by atoms with Gasteiger partial charge in [-0.25, -0.2) is 0 Å². The molecule has 0 saturated carbocycles. The van der Waals surface area contributed by atoms with Gasteiger partial charge in [0.25, 0.3) is 0 Å². The van der Waals surface area contributed by atoms with Crippen LogP contribution in [0.15, 0.2) is 54.9 Å². The number of aromatic nitrogens is 1. The summed E-state index contributed by atoms with van der Waals surface area (Å²) >= 11 is 0. The zero-order valence-corrected chi connectivity index (χ0v) is 14.3. The molecule has 0 saturated heterocycles. The standard InChI is InChI=1S/C20H26N2O/c1-16(2)9-10-19(18-7-5-4-6-8-18)22(3)20(23)15-17-11-13-21-14-12-17/h4-8,11-14,16,19H,9-10,15H2,1-3H3/t19-/m0/s1. The average molecular weight is 310 g/mol. The molecule has 2 rings (SSSR count). The van der Waals surface area contributed by atoms with Crippen molar-refractivity contribution in [3.05, 3.63) is 66.0 Å². The molecule has 0 bridgehead atoms. The summed E-state index contributed by atoms with van der Waals surface area (Å²) in [6.07, 6.45) is 5.98. The van der Waals surface area contributed by atoms with Gasteiger partial charge in [0.15, 0.2) is 0 Å². The summed E-state index contributed by atoms with van der Waals surface area (Å²) in [4.78, 5) is 18.6. The molecule has 1 amide bonds. The van der Waals surface area contributed by atoms with E-state index < -0.39 is 0 Å². The van der Waals surface area contributed by atoms with Crippen LogP contribution in [0.1, 0.15) is 43.9 Å². The Bertz CT molecular complexity index is 596. The van der Waals surface area contributed by atoms with E-state index in [0.717, 1.165) is 18.4 Å². The molecule has 0 aliphatic rings. The Labute approximate surface area is 139 Å². The lowest BCUT2D eigenvalue weighted by atomic mass is 9.96. The molecular formula is C20H26N2O. The average Bonchev–Trinajstić information content (AvgIpc) is 2.56. The van der Waals surface area contributed by atoms with Gasteiger partial charge in [-0.2, -0.15) is 0 Å². The van der Waals surface area contributed by atoms with Crippen molar-refractivity contribution < 1.29 is 4.79 Å². The fourth-order valence-electron chi connectivity index (χ4n) is 2.72. The molecule has 1 aromatic heterocycles. The number of carbonyl (C=O) groups is 1. The van der Waals surface area contributed by atoms with Gasteiger partial charge in [-0.15, -0.1) is 0 Å². The van der Waals surface area contributed by atoms with Crippen molar-refractivity contribution in [3.8, 4) is 0 Å². The Balaban J connectivity index is 2.12. The van der Waals surface area contributed by atoms with Crippen LogP contribution in [0.5, 0.6) is 0 Å². The van der Waals surface area contributed by atoms with Gasteiger partial charge in [0.1, 0.15) is 0 Å². The number of rotatable bonds is 7. The molecule has 0 radical (unpaired) electrons. The normalized spacial score (nSPS) is 12.2. The summed E-state index contributed by atoms with van der Waals surface area (Å²) in [6, 6.07) is 14.3. The highest BCUT2D eigenvalue weighted by molar-refractivity contribution is 5.79. The minimum absolute atomic E-state index is 0.132. The van der Waals surface area contributed by atoms with Crippen LogP contribution < -0.4 is 0 Å². The molecule has 0 N–H and O–H groups in total. The van der Waals surface area contributed by atoms with Crippen molar-refractivity contribution in [2.45, 2.75) is 39.2 Å². The molecule has 0 unspecified atom stereocenters. The number of hydrogen-bond acceptors (Lipinski definition) is 2. The first kappa shape index (κ1) is 17.2. The van der Waals surface area contributed by atoms with Gasteiger partial charge in [-0.1, -0.05) is 44.2 Å². The Hall–Kier alpha value is -2.16. The number of benzene rings is 1. The van der Waals surface area contributed by atoms with Crippen LogP contribution >= 0.6 is 0 Å². The third-order valence-electron chi connectivity index (χ3n) is 4.17. The van der Waals surface area contributed by atoms with E-state index in [1.165, 1.54) is 5.56 Å². The molecule has 2 aromatic rings. The summed E-state index contributed by atoms with van der Waals surface area (Å²) in [5.74, 6) is 0.777. The molecule has 3 nitrogen and oxygen atoms in total. The topological polar surface area (TPSA) is 33.2 Å². The number of nitrogens with zero attached hydrogens (tertiary/aromatic N) is 2. The molecule has 0 aliphatic carbocycles. The van der Waals surface area contributed by atoms with E-state index in [0.29, 0.717) is 12.3 Å². The Morgan fingerprint density at radius 1 is 1.04 bits per heavy atom. The maximum atomic E-state index is 12.7. The number of carbonyl (C=O) groups excluding carboxylic acids is 1. The third kappa shape index (κ3) is 5.20. The van der Waals surface area contributed by atoms with Gasteiger partial charge in [0.2, 0.25) is 5.91 Å². The second kappa shape index (κ2) is 8.47. The maximum absolute atomic E-state index is 12.7. The number of pyridine rings is 1. The lowest BCUT2D eigenvalue weighted by Crippen LogP contribution is -2.32.